The molecule has 1 amide bonds. The smallest absolute Gasteiger partial charge is 0.272 e. The molecule has 0 fully saturated rings. The van der Waals surface area contributed by atoms with Crippen LogP contribution in [0.15, 0.2) is 18.2 Å². The van der Waals surface area contributed by atoms with Gasteiger partial charge in [-0.15, -0.1) is 0 Å². The summed E-state index contributed by atoms with van der Waals surface area (Å²) in [6, 6.07) is 5.86. The molecule has 0 saturated heterocycles. The van der Waals surface area contributed by atoms with Crippen molar-refractivity contribution in [2.45, 2.75) is 34.6 Å². The summed E-state index contributed by atoms with van der Waals surface area (Å²) in [7, 11) is 0. The monoisotopic (exact) mass is 284 g/mol. The number of carbonyl (C=O) groups excluding carboxylic acids is 2. The quantitative estimate of drug-likeness (QED) is 0.844. The first-order valence-corrected chi connectivity index (χ1v) is 6.90. The van der Waals surface area contributed by atoms with Crippen LogP contribution in [0, 0.1) is 27.7 Å². The standard InChI is InChI=1S/C17H20N2O2/c1-9-6-7-14(10(2)8-9)19-17(21)16-11(3)15(13(5)20)12(4)18-16/h6-8,18H,1-5H3,(H,19,21). The molecule has 0 bridgehead atoms. The Morgan fingerprint density at radius 1 is 1.10 bits per heavy atom. The molecule has 0 radical (unpaired) electrons. The van der Waals surface area contributed by atoms with E-state index in [1.54, 1.807) is 13.8 Å². The highest BCUT2D eigenvalue weighted by molar-refractivity contribution is 6.07. The molecule has 4 heteroatoms. The second kappa shape index (κ2) is 5.56. The summed E-state index contributed by atoms with van der Waals surface area (Å²) < 4.78 is 0. The van der Waals surface area contributed by atoms with Crippen LogP contribution in [0.1, 0.15) is 50.2 Å². The van der Waals surface area contributed by atoms with Crippen molar-refractivity contribution in [2.24, 2.45) is 0 Å². The molecule has 0 unspecified atom stereocenters. The van der Waals surface area contributed by atoms with E-state index in [0.29, 0.717) is 16.8 Å². The highest BCUT2D eigenvalue weighted by Gasteiger charge is 2.20. The van der Waals surface area contributed by atoms with Crippen LogP contribution in [0.3, 0.4) is 0 Å². The first kappa shape index (κ1) is 15.0. The van der Waals surface area contributed by atoms with Gasteiger partial charge in [-0.2, -0.15) is 0 Å². The number of hydrogen-bond donors (Lipinski definition) is 2. The largest absolute Gasteiger partial charge is 0.354 e. The van der Waals surface area contributed by atoms with Gasteiger partial charge in [0.2, 0.25) is 0 Å². The van der Waals surface area contributed by atoms with Gasteiger partial charge in [0.05, 0.1) is 0 Å². The molecule has 2 rings (SSSR count). The Kier molecular flexibility index (Phi) is 3.98. The summed E-state index contributed by atoms with van der Waals surface area (Å²) in [6.45, 7) is 9.07. The molecule has 2 N–H and O–H groups in total. The predicted molar refractivity (Wildman–Crippen MR) is 84.1 cm³/mol. The summed E-state index contributed by atoms with van der Waals surface area (Å²) in [6.07, 6.45) is 0. The number of benzene rings is 1. The number of nitrogens with one attached hydrogen (secondary N) is 2. The van der Waals surface area contributed by atoms with E-state index >= 15 is 0 Å². The molecule has 1 aromatic heterocycles. The number of aryl methyl sites for hydroxylation is 3. The van der Waals surface area contributed by atoms with Gasteiger partial charge in [-0.3, -0.25) is 9.59 Å². The summed E-state index contributed by atoms with van der Waals surface area (Å²) in [4.78, 5) is 27.0. The minimum absolute atomic E-state index is 0.0354. The first-order chi connectivity index (χ1) is 9.81. The van der Waals surface area contributed by atoms with Gasteiger partial charge in [-0.1, -0.05) is 17.7 Å². The van der Waals surface area contributed by atoms with E-state index in [0.717, 1.165) is 22.5 Å². The average Bonchev–Trinajstić information content (AvgIpc) is 2.68. The van der Waals surface area contributed by atoms with E-state index in [2.05, 4.69) is 10.3 Å². The molecule has 110 valence electrons. The van der Waals surface area contributed by atoms with Crippen LogP contribution in [-0.4, -0.2) is 16.7 Å². The minimum Gasteiger partial charge on any atom is -0.354 e. The molecule has 0 aliphatic rings. The number of H-pyrrole nitrogens is 1. The lowest BCUT2D eigenvalue weighted by Gasteiger charge is -2.09. The van der Waals surface area contributed by atoms with Gasteiger partial charge in [0.1, 0.15) is 5.69 Å². The summed E-state index contributed by atoms with van der Waals surface area (Å²) in [5.41, 5.74) is 5.40. The van der Waals surface area contributed by atoms with Crippen LogP contribution in [0.5, 0.6) is 0 Å². The van der Waals surface area contributed by atoms with E-state index in [1.807, 2.05) is 32.0 Å². The summed E-state index contributed by atoms with van der Waals surface area (Å²) in [5, 5.41) is 2.89. The zero-order chi connectivity index (χ0) is 15.7. The van der Waals surface area contributed by atoms with Gasteiger partial charge in [0.15, 0.2) is 5.78 Å². The maximum Gasteiger partial charge on any atom is 0.272 e. The third-order valence-electron chi connectivity index (χ3n) is 3.65. The number of aromatic nitrogens is 1. The van der Waals surface area contributed by atoms with E-state index < -0.39 is 0 Å². The molecule has 2 aromatic rings. The van der Waals surface area contributed by atoms with E-state index in [1.165, 1.54) is 6.92 Å². The van der Waals surface area contributed by atoms with Crippen LogP contribution >= 0.6 is 0 Å². The molecule has 4 nitrogen and oxygen atoms in total. The van der Waals surface area contributed by atoms with Crippen molar-refractivity contribution in [3.8, 4) is 0 Å². The molecule has 0 aliphatic heterocycles. The molecular formula is C17H20N2O2. The summed E-state index contributed by atoms with van der Waals surface area (Å²) >= 11 is 0. The SMILES string of the molecule is CC(=O)c1c(C)[nH]c(C(=O)Nc2ccc(C)cc2C)c1C. The molecular weight excluding hydrogens is 264 g/mol. The molecule has 0 spiro atoms. The van der Waals surface area contributed by atoms with Gasteiger partial charge in [-0.05, 0) is 51.8 Å². The zero-order valence-corrected chi connectivity index (χ0v) is 13.0. The predicted octanol–water partition coefficient (Wildman–Crippen LogP) is 3.70. The topological polar surface area (TPSA) is 62.0 Å². The molecule has 21 heavy (non-hydrogen) atoms. The van der Waals surface area contributed by atoms with Crippen molar-refractivity contribution in [1.29, 1.82) is 0 Å². The van der Waals surface area contributed by atoms with Crippen molar-refractivity contribution in [1.82, 2.24) is 4.98 Å². The molecule has 1 heterocycles. The third kappa shape index (κ3) is 2.89. The average molecular weight is 284 g/mol. The molecule has 1 aromatic carbocycles. The Bertz CT molecular complexity index is 727. The van der Waals surface area contributed by atoms with Crippen LogP contribution in [-0.2, 0) is 0 Å². The number of aromatic amines is 1. The lowest BCUT2D eigenvalue weighted by molar-refractivity contribution is 0.101. The maximum absolute atomic E-state index is 12.4. The molecule has 0 atom stereocenters. The number of rotatable bonds is 3. The second-order valence-electron chi connectivity index (χ2n) is 5.45. The van der Waals surface area contributed by atoms with E-state index in [4.69, 9.17) is 0 Å². The van der Waals surface area contributed by atoms with Gasteiger partial charge >= 0.3 is 0 Å². The normalized spacial score (nSPS) is 10.5. The van der Waals surface area contributed by atoms with Crippen LogP contribution in [0.4, 0.5) is 5.69 Å². The van der Waals surface area contributed by atoms with Gasteiger partial charge in [0.25, 0.3) is 5.91 Å². The molecule has 0 aliphatic carbocycles. The number of amides is 1. The Hall–Kier alpha value is -2.36. The van der Waals surface area contributed by atoms with Crippen LogP contribution < -0.4 is 5.32 Å². The molecule has 0 saturated carbocycles. The first-order valence-electron chi connectivity index (χ1n) is 6.90. The van der Waals surface area contributed by atoms with Gasteiger partial charge in [0, 0.05) is 16.9 Å². The van der Waals surface area contributed by atoms with Crippen LogP contribution in [0.2, 0.25) is 0 Å². The zero-order valence-electron chi connectivity index (χ0n) is 13.0. The highest BCUT2D eigenvalue weighted by Crippen LogP contribution is 2.21. The Morgan fingerprint density at radius 3 is 2.29 bits per heavy atom. The Balaban J connectivity index is 2.33. The second-order valence-corrected chi connectivity index (χ2v) is 5.45. The number of hydrogen-bond acceptors (Lipinski definition) is 2. The maximum atomic E-state index is 12.4. The fourth-order valence-corrected chi connectivity index (χ4v) is 2.64. The summed E-state index contributed by atoms with van der Waals surface area (Å²) in [5.74, 6) is -0.262. The Labute approximate surface area is 124 Å². The Morgan fingerprint density at radius 2 is 1.76 bits per heavy atom. The van der Waals surface area contributed by atoms with Crippen molar-refractivity contribution in [3.63, 3.8) is 0 Å². The lowest BCUT2D eigenvalue weighted by Crippen LogP contribution is -2.14. The van der Waals surface area contributed by atoms with Crippen molar-refractivity contribution >= 4 is 17.4 Å². The fraction of sp³-hybridized carbons (Fsp3) is 0.294. The highest BCUT2D eigenvalue weighted by atomic mass is 16.2. The number of anilines is 1. The van der Waals surface area contributed by atoms with Gasteiger partial charge < -0.3 is 10.3 Å². The number of Topliss-reactive ketones (excluding diaryl/α,β-unsaturated/α-hetero) is 1. The van der Waals surface area contributed by atoms with Crippen molar-refractivity contribution in [2.75, 3.05) is 5.32 Å². The lowest BCUT2D eigenvalue weighted by atomic mass is 10.1. The van der Waals surface area contributed by atoms with Crippen molar-refractivity contribution < 1.29 is 9.59 Å². The number of carbonyl (C=O) groups is 2. The van der Waals surface area contributed by atoms with Crippen LogP contribution in [0.25, 0.3) is 0 Å². The number of ketones is 1. The van der Waals surface area contributed by atoms with E-state index in [9.17, 15) is 9.59 Å². The fourth-order valence-electron chi connectivity index (χ4n) is 2.64. The van der Waals surface area contributed by atoms with Gasteiger partial charge in [-0.25, -0.2) is 0 Å². The van der Waals surface area contributed by atoms with E-state index in [-0.39, 0.29) is 11.7 Å². The van der Waals surface area contributed by atoms with Crippen molar-refractivity contribution in [3.05, 3.63) is 51.8 Å². The third-order valence-corrected chi connectivity index (χ3v) is 3.65. The minimum atomic E-state index is -0.227.